The van der Waals surface area contributed by atoms with Crippen LogP contribution in [0.2, 0.25) is 10.0 Å². The monoisotopic (exact) mass is 706 g/mol. The number of ether oxygens (including phenoxy) is 1. The second kappa shape index (κ2) is 11.3. The number of likely N-dealkylation sites (tertiary alicyclic amines) is 1. The van der Waals surface area contributed by atoms with Crippen LogP contribution in [0.4, 0.5) is 23.7 Å². The van der Waals surface area contributed by atoms with Crippen LogP contribution in [0.5, 0.6) is 0 Å². The number of carbonyl (C=O) groups excluding carboxylic acids is 2. The topological polar surface area (TPSA) is 111 Å². The van der Waals surface area contributed by atoms with E-state index in [2.05, 4.69) is 31.3 Å². The maximum atomic E-state index is 13.9. The number of aromatic nitrogens is 4. The lowest BCUT2D eigenvalue weighted by molar-refractivity contribution is -0.137. The van der Waals surface area contributed by atoms with Crippen LogP contribution in [0.25, 0.3) is 5.78 Å². The number of nitrogens with one attached hydrogen (secondary N) is 1. The van der Waals surface area contributed by atoms with E-state index in [1.165, 1.54) is 0 Å². The van der Waals surface area contributed by atoms with Gasteiger partial charge in [-0.2, -0.15) is 22.7 Å². The molecule has 10 nitrogen and oxygen atoms in total. The lowest BCUT2D eigenvalue weighted by Crippen LogP contribution is -2.51. The van der Waals surface area contributed by atoms with Crippen LogP contribution < -0.4 is 10.9 Å². The Morgan fingerprint density at radius 3 is 2.33 bits per heavy atom. The van der Waals surface area contributed by atoms with Crippen molar-refractivity contribution in [2.45, 2.75) is 76.6 Å². The van der Waals surface area contributed by atoms with Gasteiger partial charge in [-0.15, -0.1) is 5.10 Å². The molecule has 2 aromatic heterocycles. The Morgan fingerprint density at radius 1 is 1.12 bits per heavy atom. The number of rotatable bonds is 3. The van der Waals surface area contributed by atoms with E-state index >= 15 is 0 Å². The summed E-state index contributed by atoms with van der Waals surface area (Å²) >= 11 is 15.4. The molecule has 16 heteroatoms. The highest BCUT2D eigenvalue weighted by atomic mass is 79.9. The predicted octanol–water partition coefficient (Wildman–Crippen LogP) is 6.22. The summed E-state index contributed by atoms with van der Waals surface area (Å²) in [5.74, 6) is -0.520. The van der Waals surface area contributed by atoms with E-state index in [4.69, 9.17) is 27.9 Å². The normalized spacial score (nSPS) is 16.8. The van der Waals surface area contributed by atoms with Gasteiger partial charge in [0.1, 0.15) is 12.1 Å². The Kier molecular flexibility index (Phi) is 8.27. The number of halogens is 6. The Balaban J connectivity index is 1.49. The molecule has 1 N–H and O–H groups in total. The molecule has 2 aliphatic rings. The molecular formula is C27H28BrCl2F3N6O4. The summed E-state index contributed by atoms with van der Waals surface area (Å²) in [5, 5.41) is 5.98. The van der Waals surface area contributed by atoms with E-state index in [1.54, 1.807) is 30.2 Å². The molecule has 5 rings (SSSR count). The SMILES string of the molecule is CC(C)(C)OC(=O)N1CCC2(CCCc3c2c(=O)n2nc(Br)nc2n3CC(=O)Nc2c(Cl)cc(C(F)(F)F)cc2Cl)CC1. The average Bonchev–Trinajstić information content (AvgIpc) is 3.29. The van der Waals surface area contributed by atoms with Crippen molar-refractivity contribution in [1.29, 1.82) is 0 Å². The van der Waals surface area contributed by atoms with Crippen molar-refractivity contribution in [2.75, 3.05) is 18.4 Å². The molecule has 1 fully saturated rings. The van der Waals surface area contributed by atoms with Crippen LogP contribution in [0.15, 0.2) is 21.7 Å². The number of amides is 2. The van der Waals surface area contributed by atoms with Crippen molar-refractivity contribution >= 4 is 62.6 Å². The molecule has 0 bridgehead atoms. The van der Waals surface area contributed by atoms with E-state index in [0.29, 0.717) is 62.2 Å². The molecule has 1 saturated heterocycles. The van der Waals surface area contributed by atoms with Crippen molar-refractivity contribution < 1.29 is 27.5 Å². The second-order valence-corrected chi connectivity index (χ2v) is 13.3. The van der Waals surface area contributed by atoms with Crippen molar-refractivity contribution in [3.8, 4) is 0 Å². The van der Waals surface area contributed by atoms with Crippen molar-refractivity contribution in [2.24, 2.45) is 0 Å². The number of benzene rings is 1. The zero-order valence-electron chi connectivity index (χ0n) is 23.4. The van der Waals surface area contributed by atoms with Gasteiger partial charge >= 0.3 is 12.3 Å². The van der Waals surface area contributed by atoms with Gasteiger partial charge in [0.05, 0.1) is 21.3 Å². The molecule has 1 aliphatic carbocycles. The number of hydrogen-bond donors (Lipinski definition) is 1. The first-order valence-corrected chi connectivity index (χ1v) is 15.1. The first kappa shape index (κ1) is 31.6. The third kappa shape index (κ3) is 6.23. The fourth-order valence-corrected chi connectivity index (χ4v) is 6.77. The first-order chi connectivity index (χ1) is 20.0. The Morgan fingerprint density at radius 2 is 1.74 bits per heavy atom. The molecule has 3 heterocycles. The van der Waals surface area contributed by atoms with Crippen molar-refractivity contribution in [3.63, 3.8) is 0 Å². The van der Waals surface area contributed by atoms with Crippen LogP contribution in [0.3, 0.4) is 0 Å². The van der Waals surface area contributed by atoms with Gasteiger partial charge in [0.25, 0.3) is 5.56 Å². The molecule has 0 saturated carbocycles. The summed E-state index contributed by atoms with van der Waals surface area (Å²) in [5.41, 5.74) is -1.62. The Hall–Kier alpha value is -2.84. The van der Waals surface area contributed by atoms with Crippen LogP contribution >= 0.6 is 39.1 Å². The zero-order valence-corrected chi connectivity index (χ0v) is 26.5. The summed E-state index contributed by atoms with van der Waals surface area (Å²) < 4.78 is 47.9. The van der Waals surface area contributed by atoms with Gasteiger partial charge in [-0.3, -0.25) is 9.59 Å². The minimum atomic E-state index is -4.67. The summed E-state index contributed by atoms with van der Waals surface area (Å²) in [6.45, 7) is 5.83. The minimum absolute atomic E-state index is 0.124. The summed E-state index contributed by atoms with van der Waals surface area (Å²) in [6, 6.07) is 1.37. The maximum Gasteiger partial charge on any atom is 0.416 e. The van der Waals surface area contributed by atoms with Gasteiger partial charge in [0.15, 0.2) is 0 Å². The van der Waals surface area contributed by atoms with Gasteiger partial charge < -0.3 is 19.5 Å². The highest BCUT2D eigenvalue weighted by Gasteiger charge is 2.45. The summed E-state index contributed by atoms with van der Waals surface area (Å²) in [4.78, 5) is 45.9. The van der Waals surface area contributed by atoms with Gasteiger partial charge in [-0.25, -0.2) is 4.79 Å². The van der Waals surface area contributed by atoms with Crippen LogP contribution in [0, 0.1) is 0 Å². The molecule has 1 aromatic carbocycles. The number of piperidine rings is 1. The molecule has 43 heavy (non-hydrogen) atoms. The number of nitrogens with zero attached hydrogens (tertiary/aromatic N) is 5. The lowest BCUT2D eigenvalue weighted by Gasteiger charge is -2.45. The minimum Gasteiger partial charge on any atom is -0.444 e. The van der Waals surface area contributed by atoms with E-state index in [1.807, 2.05) is 0 Å². The van der Waals surface area contributed by atoms with Gasteiger partial charge in [-0.1, -0.05) is 23.2 Å². The zero-order chi connectivity index (χ0) is 31.5. The molecular weight excluding hydrogens is 680 g/mol. The standard InChI is InChI=1S/C27H28BrCl2F3N6O4/c1-25(2,3)43-24(42)37-9-7-26(8-10-37)6-4-5-17-19(26)21(41)39-23(35-22(28)36-39)38(17)13-18(40)34-20-15(29)11-14(12-16(20)30)27(31,32)33/h11-12H,4-10,13H2,1-3H3,(H,34,40). The predicted molar refractivity (Wildman–Crippen MR) is 157 cm³/mol. The molecule has 0 unspecified atom stereocenters. The molecule has 3 aromatic rings. The Labute approximate surface area is 262 Å². The number of carbonyl (C=O) groups is 2. The highest BCUT2D eigenvalue weighted by molar-refractivity contribution is 9.10. The second-order valence-electron chi connectivity index (χ2n) is 11.8. The number of hydrogen-bond acceptors (Lipinski definition) is 6. The van der Waals surface area contributed by atoms with Gasteiger partial charge in [0.2, 0.25) is 16.4 Å². The van der Waals surface area contributed by atoms with Gasteiger partial charge in [-0.05, 0) is 80.9 Å². The van der Waals surface area contributed by atoms with Gasteiger partial charge in [0, 0.05) is 29.8 Å². The first-order valence-electron chi connectivity index (χ1n) is 13.5. The number of fused-ring (bicyclic) bond motifs is 3. The molecule has 232 valence electrons. The lowest BCUT2D eigenvalue weighted by atomic mass is 9.66. The summed E-state index contributed by atoms with van der Waals surface area (Å²) in [7, 11) is 0. The highest BCUT2D eigenvalue weighted by Crippen LogP contribution is 2.44. The van der Waals surface area contributed by atoms with Crippen LogP contribution in [-0.4, -0.2) is 54.8 Å². The van der Waals surface area contributed by atoms with Crippen LogP contribution in [-0.2, 0) is 34.1 Å². The van der Waals surface area contributed by atoms with E-state index in [-0.39, 0.29) is 38.3 Å². The molecule has 1 aliphatic heterocycles. The van der Waals surface area contributed by atoms with Crippen molar-refractivity contribution in [1.82, 2.24) is 24.1 Å². The maximum absolute atomic E-state index is 13.9. The average molecular weight is 708 g/mol. The largest absolute Gasteiger partial charge is 0.444 e. The third-order valence-electron chi connectivity index (χ3n) is 7.73. The molecule has 2 amide bonds. The van der Waals surface area contributed by atoms with Crippen LogP contribution in [0.1, 0.15) is 63.3 Å². The molecule has 0 radical (unpaired) electrons. The number of alkyl halides is 3. The van der Waals surface area contributed by atoms with E-state index in [0.717, 1.165) is 10.9 Å². The fraction of sp³-hybridized carbons (Fsp3) is 0.519. The van der Waals surface area contributed by atoms with E-state index < -0.39 is 34.8 Å². The smallest absolute Gasteiger partial charge is 0.416 e. The Bertz CT molecular complexity index is 1650. The third-order valence-corrected chi connectivity index (χ3v) is 8.67. The van der Waals surface area contributed by atoms with Crippen molar-refractivity contribution in [3.05, 3.63) is 54.1 Å². The molecule has 1 spiro atoms. The fourth-order valence-electron chi connectivity index (χ4n) is 5.88. The molecule has 0 atom stereocenters. The quantitative estimate of drug-likeness (QED) is 0.346. The summed E-state index contributed by atoms with van der Waals surface area (Å²) in [6.07, 6.45) is -2.14. The number of anilines is 1. The van der Waals surface area contributed by atoms with E-state index in [9.17, 15) is 27.6 Å².